The highest BCUT2D eigenvalue weighted by Crippen LogP contribution is 2.23. The number of fused-ring (bicyclic) bond motifs is 1. The molecule has 0 radical (unpaired) electrons. The minimum absolute atomic E-state index is 0.743. The molecule has 0 aliphatic carbocycles. The fourth-order valence-corrected chi connectivity index (χ4v) is 1.83. The minimum Gasteiger partial charge on any atom is -0.321 e. The fraction of sp³-hybridized carbons (Fsp3) is 0.154. The first-order valence-corrected chi connectivity index (χ1v) is 5.74. The number of aryl methyl sites for hydroxylation is 2. The zero-order valence-electron chi connectivity index (χ0n) is 10.2. The van der Waals surface area contributed by atoms with Gasteiger partial charge in [0.2, 0.25) is 0 Å². The van der Waals surface area contributed by atoms with Gasteiger partial charge in [-0.05, 0) is 26.0 Å². The maximum atomic E-state index is 4.43. The number of H-pyrrole nitrogens is 1. The highest BCUT2D eigenvalue weighted by molar-refractivity contribution is 5.91. The van der Waals surface area contributed by atoms with Crippen molar-refractivity contribution in [2.75, 3.05) is 5.32 Å². The smallest absolute Gasteiger partial charge is 0.161 e. The predicted molar refractivity (Wildman–Crippen MR) is 70.9 cm³/mol. The number of hydrogen-bond donors (Lipinski definition) is 2. The summed E-state index contributed by atoms with van der Waals surface area (Å²) in [5.41, 5.74) is 2.73. The molecule has 0 saturated heterocycles. The van der Waals surface area contributed by atoms with E-state index in [9.17, 15) is 0 Å². The Morgan fingerprint density at radius 2 is 1.94 bits per heavy atom. The Bertz CT molecular complexity index is 701. The van der Waals surface area contributed by atoms with Crippen LogP contribution in [0, 0.1) is 13.8 Å². The standard InChI is InChI=1S/C13H13N5/c1-8-7-14-9(2)12(15-8)16-13-10-5-3-4-6-11(10)17-18-13/h3-7H,1-2H3,(H2,15,16,17,18). The summed E-state index contributed by atoms with van der Waals surface area (Å²) in [4.78, 5) is 8.70. The van der Waals surface area contributed by atoms with E-state index in [1.165, 1.54) is 0 Å². The van der Waals surface area contributed by atoms with Gasteiger partial charge >= 0.3 is 0 Å². The second-order valence-electron chi connectivity index (χ2n) is 4.19. The van der Waals surface area contributed by atoms with E-state index in [0.29, 0.717) is 0 Å². The molecular weight excluding hydrogens is 226 g/mol. The van der Waals surface area contributed by atoms with Crippen LogP contribution >= 0.6 is 0 Å². The number of aromatic nitrogens is 4. The van der Waals surface area contributed by atoms with Crippen molar-refractivity contribution in [3.63, 3.8) is 0 Å². The van der Waals surface area contributed by atoms with Crippen LogP contribution in [-0.2, 0) is 0 Å². The van der Waals surface area contributed by atoms with Crippen molar-refractivity contribution < 1.29 is 0 Å². The Balaban J connectivity index is 2.04. The van der Waals surface area contributed by atoms with E-state index in [1.54, 1.807) is 6.20 Å². The van der Waals surface area contributed by atoms with Crippen molar-refractivity contribution in [1.29, 1.82) is 0 Å². The van der Waals surface area contributed by atoms with Crippen LogP contribution < -0.4 is 5.32 Å². The van der Waals surface area contributed by atoms with Crippen LogP contribution in [0.1, 0.15) is 11.4 Å². The monoisotopic (exact) mass is 239 g/mol. The van der Waals surface area contributed by atoms with Crippen LogP contribution in [0.3, 0.4) is 0 Å². The second kappa shape index (κ2) is 4.10. The number of rotatable bonds is 2. The molecule has 2 aromatic heterocycles. The quantitative estimate of drug-likeness (QED) is 0.721. The van der Waals surface area contributed by atoms with Crippen molar-refractivity contribution in [2.45, 2.75) is 13.8 Å². The van der Waals surface area contributed by atoms with E-state index < -0.39 is 0 Å². The van der Waals surface area contributed by atoms with Crippen LogP contribution in [0.2, 0.25) is 0 Å². The maximum absolute atomic E-state index is 4.43. The van der Waals surface area contributed by atoms with Crippen molar-refractivity contribution >= 4 is 22.5 Å². The number of nitrogens with one attached hydrogen (secondary N) is 2. The number of aromatic amines is 1. The Labute approximate surface area is 104 Å². The van der Waals surface area contributed by atoms with Gasteiger partial charge in [0.05, 0.1) is 16.9 Å². The number of para-hydroxylation sites is 1. The maximum Gasteiger partial charge on any atom is 0.161 e. The van der Waals surface area contributed by atoms with Gasteiger partial charge in [0.1, 0.15) is 0 Å². The lowest BCUT2D eigenvalue weighted by molar-refractivity contribution is 1.05. The van der Waals surface area contributed by atoms with Gasteiger partial charge < -0.3 is 5.32 Å². The molecule has 1 aromatic carbocycles. The van der Waals surface area contributed by atoms with Crippen LogP contribution in [0.5, 0.6) is 0 Å². The zero-order valence-corrected chi connectivity index (χ0v) is 10.2. The normalized spacial score (nSPS) is 10.8. The summed E-state index contributed by atoms with van der Waals surface area (Å²) >= 11 is 0. The van der Waals surface area contributed by atoms with Gasteiger partial charge in [0.25, 0.3) is 0 Å². The van der Waals surface area contributed by atoms with Gasteiger partial charge in [0, 0.05) is 11.6 Å². The molecular formula is C13H13N5. The predicted octanol–water partition coefficient (Wildman–Crippen LogP) is 2.71. The summed E-state index contributed by atoms with van der Waals surface area (Å²) in [6.07, 6.45) is 1.75. The molecule has 0 bridgehead atoms. The minimum atomic E-state index is 0.743. The molecule has 3 aromatic rings. The third-order valence-electron chi connectivity index (χ3n) is 2.78. The molecule has 2 heterocycles. The third-order valence-corrected chi connectivity index (χ3v) is 2.78. The molecule has 0 spiro atoms. The lowest BCUT2D eigenvalue weighted by Crippen LogP contribution is -2.00. The molecule has 0 fully saturated rings. The van der Waals surface area contributed by atoms with Crippen molar-refractivity contribution in [3.05, 3.63) is 41.9 Å². The summed E-state index contributed by atoms with van der Waals surface area (Å²) in [5, 5.41) is 11.5. The molecule has 0 amide bonds. The van der Waals surface area contributed by atoms with Crippen molar-refractivity contribution in [1.82, 2.24) is 20.2 Å². The average Bonchev–Trinajstić information content (AvgIpc) is 2.78. The molecule has 18 heavy (non-hydrogen) atoms. The first-order chi connectivity index (χ1) is 8.74. The Kier molecular flexibility index (Phi) is 2.44. The summed E-state index contributed by atoms with van der Waals surface area (Å²) in [6, 6.07) is 7.96. The summed E-state index contributed by atoms with van der Waals surface area (Å²) in [5.74, 6) is 1.51. The largest absolute Gasteiger partial charge is 0.321 e. The zero-order chi connectivity index (χ0) is 12.5. The average molecular weight is 239 g/mol. The number of benzene rings is 1. The molecule has 0 saturated carbocycles. The number of hydrogen-bond acceptors (Lipinski definition) is 4. The SMILES string of the molecule is Cc1cnc(C)c(Nc2n[nH]c3ccccc23)n1. The molecule has 5 nitrogen and oxygen atoms in total. The second-order valence-corrected chi connectivity index (χ2v) is 4.19. The van der Waals surface area contributed by atoms with Crippen molar-refractivity contribution in [2.24, 2.45) is 0 Å². The Morgan fingerprint density at radius 1 is 1.11 bits per heavy atom. The highest BCUT2D eigenvalue weighted by Gasteiger charge is 2.08. The first-order valence-electron chi connectivity index (χ1n) is 5.74. The van der Waals surface area contributed by atoms with Gasteiger partial charge in [-0.3, -0.25) is 10.1 Å². The number of nitrogens with zero attached hydrogens (tertiary/aromatic N) is 3. The van der Waals surface area contributed by atoms with Gasteiger partial charge in [-0.15, -0.1) is 0 Å². The van der Waals surface area contributed by atoms with Crippen LogP contribution in [0.4, 0.5) is 11.6 Å². The molecule has 0 atom stereocenters. The molecule has 3 rings (SSSR count). The van der Waals surface area contributed by atoms with E-state index in [1.807, 2.05) is 38.1 Å². The Hall–Kier alpha value is -2.43. The fourth-order valence-electron chi connectivity index (χ4n) is 1.83. The molecule has 90 valence electrons. The van der Waals surface area contributed by atoms with Gasteiger partial charge in [-0.1, -0.05) is 12.1 Å². The summed E-state index contributed by atoms with van der Waals surface area (Å²) in [6.45, 7) is 3.84. The number of anilines is 2. The van der Waals surface area contributed by atoms with Gasteiger partial charge in [-0.25, -0.2) is 4.98 Å². The molecule has 5 heteroatoms. The van der Waals surface area contributed by atoms with E-state index in [2.05, 4.69) is 25.5 Å². The van der Waals surface area contributed by atoms with E-state index in [-0.39, 0.29) is 0 Å². The molecule has 2 N–H and O–H groups in total. The lowest BCUT2D eigenvalue weighted by atomic mass is 10.2. The van der Waals surface area contributed by atoms with Crippen LogP contribution in [0.25, 0.3) is 10.9 Å². The van der Waals surface area contributed by atoms with Crippen LogP contribution in [-0.4, -0.2) is 20.2 Å². The van der Waals surface area contributed by atoms with Crippen molar-refractivity contribution in [3.8, 4) is 0 Å². The Morgan fingerprint density at radius 3 is 2.83 bits per heavy atom. The first kappa shape index (κ1) is 10.7. The summed E-state index contributed by atoms with van der Waals surface area (Å²) < 4.78 is 0. The third kappa shape index (κ3) is 1.79. The molecule has 0 aliphatic rings. The molecule has 0 aliphatic heterocycles. The molecule has 0 unspecified atom stereocenters. The lowest BCUT2D eigenvalue weighted by Gasteiger charge is -2.06. The summed E-state index contributed by atoms with van der Waals surface area (Å²) in [7, 11) is 0. The van der Waals surface area contributed by atoms with E-state index >= 15 is 0 Å². The van der Waals surface area contributed by atoms with Gasteiger partial charge in [0.15, 0.2) is 11.6 Å². The van der Waals surface area contributed by atoms with Crippen LogP contribution in [0.15, 0.2) is 30.5 Å². The highest BCUT2D eigenvalue weighted by atomic mass is 15.2. The van der Waals surface area contributed by atoms with E-state index in [4.69, 9.17) is 0 Å². The topological polar surface area (TPSA) is 66.5 Å². The van der Waals surface area contributed by atoms with Gasteiger partial charge in [-0.2, -0.15) is 5.10 Å². The van der Waals surface area contributed by atoms with E-state index in [0.717, 1.165) is 33.9 Å².